The van der Waals surface area contributed by atoms with E-state index in [1.54, 1.807) is 13.8 Å². The molecule has 0 unspecified atom stereocenters. The molecule has 1 amide bonds. The van der Waals surface area contributed by atoms with E-state index < -0.39 is 44.5 Å². The molecule has 238 valence electrons. The van der Waals surface area contributed by atoms with Gasteiger partial charge in [-0.25, -0.2) is 23.2 Å². The second kappa shape index (κ2) is 13.5. The highest BCUT2D eigenvalue weighted by atomic mass is 32.2. The van der Waals surface area contributed by atoms with Gasteiger partial charge in [-0.05, 0) is 75.8 Å². The number of thiophene rings is 1. The molecule has 2 aromatic heterocycles. The predicted octanol–water partition coefficient (Wildman–Crippen LogP) is 5.88. The zero-order valence-electron chi connectivity index (χ0n) is 24.5. The average molecular weight is 656 g/mol. The lowest BCUT2D eigenvalue weighted by Gasteiger charge is -2.14. The van der Waals surface area contributed by atoms with Crippen LogP contribution < -0.4 is 14.8 Å². The molecular weight excluding hydrogens is 623 g/mol. The molecule has 0 spiro atoms. The zero-order chi connectivity index (χ0) is 32.2. The largest absolute Gasteiger partial charge is 0.493 e. The average Bonchev–Trinajstić information content (AvgIpc) is 3.33. The van der Waals surface area contributed by atoms with Crippen LogP contribution >= 0.6 is 11.3 Å². The van der Waals surface area contributed by atoms with Crippen molar-refractivity contribution < 1.29 is 45.4 Å². The van der Waals surface area contributed by atoms with E-state index in [2.05, 4.69) is 15.3 Å². The van der Waals surface area contributed by atoms with E-state index in [0.717, 1.165) is 29.7 Å². The molecule has 0 bridgehead atoms. The third-order valence-corrected chi connectivity index (χ3v) is 9.51. The van der Waals surface area contributed by atoms with Gasteiger partial charge in [0.1, 0.15) is 10.7 Å². The monoisotopic (exact) mass is 655 g/mol. The Morgan fingerprint density at radius 3 is 2.41 bits per heavy atom. The van der Waals surface area contributed by atoms with E-state index in [0.29, 0.717) is 28.8 Å². The van der Waals surface area contributed by atoms with Gasteiger partial charge >= 0.3 is 12.1 Å². The quantitative estimate of drug-likeness (QED) is 0.199. The number of nitrogens with one attached hydrogen (secondary N) is 1. The summed E-state index contributed by atoms with van der Waals surface area (Å²) in [6.45, 7) is 3.45. The van der Waals surface area contributed by atoms with Crippen LogP contribution in [0.3, 0.4) is 0 Å². The fourth-order valence-electron chi connectivity index (χ4n) is 4.70. The van der Waals surface area contributed by atoms with Gasteiger partial charge in [0.15, 0.2) is 11.5 Å². The highest BCUT2D eigenvalue weighted by Gasteiger charge is 2.36. The van der Waals surface area contributed by atoms with Crippen molar-refractivity contribution in [3.05, 3.63) is 46.0 Å². The van der Waals surface area contributed by atoms with Gasteiger partial charge in [-0.15, -0.1) is 11.3 Å². The second-order valence-electron chi connectivity index (χ2n) is 10.3. The molecule has 15 heteroatoms. The lowest BCUT2D eigenvalue weighted by molar-refractivity contribution is -0.141. The summed E-state index contributed by atoms with van der Waals surface area (Å²) in [7, 11) is -1.70. The van der Waals surface area contributed by atoms with Gasteiger partial charge in [0.25, 0.3) is 0 Å². The Balaban J connectivity index is 1.52. The Labute approximate surface area is 256 Å². The van der Waals surface area contributed by atoms with Crippen LogP contribution in [0.15, 0.2) is 29.4 Å². The number of carbonyl (C=O) groups excluding carboxylic acids is 2. The first-order chi connectivity index (χ1) is 20.7. The maximum absolute atomic E-state index is 13.7. The highest BCUT2D eigenvalue weighted by molar-refractivity contribution is 7.91. The maximum Gasteiger partial charge on any atom is 0.433 e. The maximum atomic E-state index is 13.7. The molecule has 10 nitrogen and oxygen atoms in total. The lowest BCUT2D eigenvalue weighted by Crippen LogP contribution is -2.19. The number of rotatable bonds is 11. The minimum Gasteiger partial charge on any atom is -0.493 e. The third-order valence-electron chi connectivity index (χ3n) is 6.74. The van der Waals surface area contributed by atoms with Crippen molar-refractivity contribution in [2.75, 3.05) is 25.3 Å². The molecule has 44 heavy (non-hydrogen) atoms. The Morgan fingerprint density at radius 2 is 1.75 bits per heavy atom. The van der Waals surface area contributed by atoms with Crippen LogP contribution in [0.2, 0.25) is 0 Å². The lowest BCUT2D eigenvalue weighted by atomic mass is 9.95. The number of carbonyl (C=O) groups is 2. The van der Waals surface area contributed by atoms with Crippen molar-refractivity contribution in [3.63, 3.8) is 0 Å². The number of esters is 1. The first kappa shape index (κ1) is 33.2. The summed E-state index contributed by atoms with van der Waals surface area (Å²) in [6.07, 6.45) is -2.49. The van der Waals surface area contributed by atoms with Gasteiger partial charge in [-0.2, -0.15) is 13.2 Å². The van der Waals surface area contributed by atoms with Gasteiger partial charge in [0.05, 0.1) is 37.3 Å². The SMILES string of the molecule is COc1ccc(-c2cc(C(F)(F)F)nc(S(=O)(=O)CCCC(=O)Nc3sc4c(c3C(=O)OC(C)C)CCCC4)n2)cc1OC. The number of aromatic nitrogens is 2. The van der Waals surface area contributed by atoms with Crippen molar-refractivity contribution >= 4 is 38.1 Å². The first-order valence-electron chi connectivity index (χ1n) is 13.8. The smallest absolute Gasteiger partial charge is 0.433 e. The fraction of sp³-hybridized carbons (Fsp3) is 0.448. The molecule has 0 fully saturated rings. The van der Waals surface area contributed by atoms with E-state index in [1.807, 2.05) is 0 Å². The van der Waals surface area contributed by atoms with E-state index >= 15 is 0 Å². The first-order valence-corrected chi connectivity index (χ1v) is 16.3. The summed E-state index contributed by atoms with van der Waals surface area (Å²) < 4.78 is 83.1. The van der Waals surface area contributed by atoms with Gasteiger partial charge in [-0.1, -0.05) is 0 Å². The number of amides is 1. The van der Waals surface area contributed by atoms with Crippen LogP contribution in [0.1, 0.15) is 66.0 Å². The number of sulfone groups is 1. The zero-order valence-corrected chi connectivity index (χ0v) is 26.2. The summed E-state index contributed by atoms with van der Waals surface area (Å²) in [6, 6.07) is 4.89. The van der Waals surface area contributed by atoms with Gasteiger partial charge in [0.2, 0.25) is 20.9 Å². The molecule has 0 atom stereocenters. The van der Waals surface area contributed by atoms with Gasteiger partial charge in [-0.3, -0.25) is 4.79 Å². The molecule has 0 saturated carbocycles. The van der Waals surface area contributed by atoms with E-state index in [1.165, 1.54) is 43.8 Å². The summed E-state index contributed by atoms with van der Waals surface area (Å²) in [5.74, 6) is -1.24. The summed E-state index contributed by atoms with van der Waals surface area (Å²) >= 11 is 1.30. The van der Waals surface area contributed by atoms with Crippen LogP contribution in [0.5, 0.6) is 11.5 Å². The van der Waals surface area contributed by atoms with E-state index in [-0.39, 0.29) is 36.0 Å². The number of methoxy groups -OCH3 is 2. The number of nitrogens with zero attached hydrogens (tertiary/aromatic N) is 2. The molecule has 0 saturated heterocycles. The number of anilines is 1. The van der Waals surface area contributed by atoms with E-state index in [4.69, 9.17) is 14.2 Å². The molecule has 4 rings (SSSR count). The Bertz CT molecular complexity index is 1650. The molecule has 1 aliphatic carbocycles. The summed E-state index contributed by atoms with van der Waals surface area (Å²) in [4.78, 5) is 33.9. The van der Waals surface area contributed by atoms with Crippen molar-refractivity contribution in [1.29, 1.82) is 0 Å². The summed E-state index contributed by atoms with van der Waals surface area (Å²) in [5, 5.41) is 2.04. The van der Waals surface area contributed by atoms with Crippen molar-refractivity contribution in [3.8, 4) is 22.8 Å². The number of aryl methyl sites for hydroxylation is 1. The fourth-order valence-corrected chi connectivity index (χ4v) is 7.17. The van der Waals surface area contributed by atoms with Crippen LogP contribution in [0.4, 0.5) is 18.2 Å². The Morgan fingerprint density at radius 1 is 1.05 bits per heavy atom. The van der Waals surface area contributed by atoms with Crippen LogP contribution in [-0.2, 0) is 38.4 Å². The molecule has 0 radical (unpaired) electrons. The number of hydrogen-bond acceptors (Lipinski definition) is 10. The number of hydrogen-bond donors (Lipinski definition) is 1. The number of fused-ring (bicyclic) bond motifs is 1. The number of benzene rings is 1. The Kier molecular flexibility index (Phi) is 10.2. The topological polar surface area (TPSA) is 134 Å². The number of alkyl halides is 3. The van der Waals surface area contributed by atoms with Crippen molar-refractivity contribution in [2.24, 2.45) is 0 Å². The molecule has 1 aliphatic rings. The van der Waals surface area contributed by atoms with Crippen LogP contribution in [0.25, 0.3) is 11.3 Å². The summed E-state index contributed by atoms with van der Waals surface area (Å²) in [5.41, 5.74) is -0.392. The third kappa shape index (κ3) is 7.67. The van der Waals surface area contributed by atoms with Gasteiger partial charge in [0, 0.05) is 16.9 Å². The van der Waals surface area contributed by atoms with Crippen molar-refractivity contribution in [2.45, 2.75) is 69.8 Å². The minimum atomic E-state index is -4.95. The number of halogens is 3. The molecular formula is C29H32F3N3O7S2. The van der Waals surface area contributed by atoms with Crippen LogP contribution in [0, 0.1) is 0 Å². The van der Waals surface area contributed by atoms with Crippen LogP contribution in [-0.4, -0.2) is 56.3 Å². The molecule has 0 aliphatic heterocycles. The predicted molar refractivity (Wildman–Crippen MR) is 157 cm³/mol. The normalized spacial score (nSPS) is 13.4. The van der Waals surface area contributed by atoms with Gasteiger partial charge < -0.3 is 19.5 Å². The minimum absolute atomic E-state index is 0.150. The second-order valence-corrected chi connectivity index (χ2v) is 13.4. The molecule has 3 aromatic rings. The highest BCUT2D eigenvalue weighted by Crippen LogP contribution is 2.39. The number of ether oxygens (including phenoxy) is 3. The molecule has 1 N–H and O–H groups in total. The Hall–Kier alpha value is -3.72. The van der Waals surface area contributed by atoms with E-state index in [9.17, 15) is 31.2 Å². The molecule has 2 heterocycles. The standard InChI is InChI=1S/C29H32F3N3O7S2/c1-16(2)42-27(37)25-18-8-5-6-9-22(18)43-26(25)35-24(36)10-7-13-44(38,39)28-33-19(15-23(34-28)29(30,31)32)17-11-12-20(40-3)21(14-17)41-4/h11-12,14-16H,5-10,13H2,1-4H3,(H,35,36). The van der Waals surface area contributed by atoms with Crippen molar-refractivity contribution in [1.82, 2.24) is 9.97 Å². The molecule has 1 aromatic carbocycles.